The van der Waals surface area contributed by atoms with Crippen molar-refractivity contribution in [2.75, 3.05) is 0 Å². The van der Waals surface area contributed by atoms with Crippen LogP contribution in [0, 0.1) is 0 Å². The van der Waals surface area contributed by atoms with Gasteiger partial charge in [-0.05, 0) is 25.7 Å². The van der Waals surface area contributed by atoms with Gasteiger partial charge in [-0.25, -0.2) is 0 Å². The predicted octanol–water partition coefficient (Wildman–Crippen LogP) is 5.40. The Morgan fingerprint density at radius 3 is 2.33 bits per heavy atom. The van der Waals surface area contributed by atoms with E-state index in [2.05, 4.69) is 25.2 Å². The van der Waals surface area contributed by atoms with Crippen LogP contribution in [0.4, 0.5) is 0 Å². The molecule has 0 bridgehead atoms. The molecule has 0 atom stereocenters. The SMILES string of the molecule is CCCCCCCCCC1=CCCC=C1. The van der Waals surface area contributed by atoms with E-state index in [0.29, 0.717) is 0 Å². The van der Waals surface area contributed by atoms with Crippen molar-refractivity contribution < 1.29 is 0 Å². The number of hydrogen-bond acceptors (Lipinski definition) is 0. The maximum atomic E-state index is 2.41. The number of unbranched alkanes of at least 4 members (excludes halogenated alkanes) is 6. The van der Waals surface area contributed by atoms with Crippen molar-refractivity contribution in [3.8, 4) is 0 Å². The van der Waals surface area contributed by atoms with Gasteiger partial charge in [-0.3, -0.25) is 0 Å². The summed E-state index contributed by atoms with van der Waals surface area (Å²) in [5.74, 6) is 0. The van der Waals surface area contributed by atoms with Crippen LogP contribution in [0.15, 0.2) is 23.8 Å². The Hall–Kier alpha value is -0.520. The number of rotatable bonds is 8. The summed E-state index contributed by atoms with van der Waals surface area (Å²) in [6.45, 7) is 2.28. The Morgan fingerprint density at radius 1 is 0.933 bits per heavy atom. The Labute approximate surface area is 95.5 Å². The first-order valence-electron chi connectivity index (χ1n) is 6.79. The Morgan fingerprint density at radius 2 is 1.67 bits per heavy atom. The molecule has 0 aromatic heterocycles. The van der Waals surface area contributed by atoms with Gasteiger partial charge >= 0.3 is 0 Å². The number of hydrogen-bond donors (Lipinski definition) is 0. The number of allylic oxidation sites excluding steroid dienone is 4. The maximum absolute atomic E-state index is 2.41. The summed E-state index contributed by atoms with van der Waals surface area (Å²) < 4.78 is 0. The van der Waals surface area contributed by atoms with Crippen molar-refractivity contribution in [2.45, 2.75) is 71.1 Å². The highest BCUT2D eigenvalue weighted by Gasteiger charge is 1.97. The molecule has 0 N–H and O–H groups in total. The van der Waals surface area contributed by atoms with Crippen LogP contribution >= 0.6 is 0 Å². The molecular formula is C15H26. The van der Waals surface area contributed by atoms with E-state index >= 15 is 0 Å². The predicted molar refractivity (Wildman–Crippen MR) is 69.1 cm³/mol. The zero-order valence-corrected chi connectivity index (χ0v) is 10.3. The van der Waals surface area contributed by atoms with E-state index in [-0.39, 0.29) is 0 Å². The van der Waals surface area contributed by atoms with Crippen molar-refractivity contribution in [1.29, 1.82) is 0 Å². The van der Waals surface area contributed by atoms with Gasteiger partial charge in [0, 0.05) is 0 Å². The lowest BCUT2D eigenvalue weighted by molar-refractivity contribution is 0.589. The first-order chi connectivity index (χ1) is 7.43. The maximum Gasteiger partial charge on any atom is -0.0282 e. The van der Waals surface area contributed by atoms with Gasteiger partial charge in [0.25, 0.3) is 0 Å². The first-order valence-corrected chi connectivity index (χ1v) is 6.79. The fraction of sp³-hybridized carbons (Fsp3) is 0.733. The molecule has 0 radical (unpaired) electrons. The quantitative estimate of drug-likeness (QED) is 0.466. The van der Waals surface area contributed by atoms with Crippen LogP contribution in [-0.2, 0) is 0 Å². The van der Waals surface area contributed by atoms with Gasteiger partial charge in [0.15, 0.2) is 0 Å². The average molecular weight is 206 g/mol. The third kappa shape index (κ3) is 6.54. The molecule has 1 aliphatic rings. The molecule has 0 saturated carbocycles. The zero-order valence-electron chi connectivity index (χ0n) is 10.3. The average Bonchev–Trinajstić information content (AvgIpc) is 2.29. The largest absolute Gasteiger partial charge is 0.0840 e. The summed E-state index contributed by atoms with van der Waals surface area (Å²) in [5.41, 5.74) is 1.58. The minimum Gasteiger partial charge on any atom is -0.0840 e. The van der Waals surface area contributed by atoms with Crippen molar-refractivity contribution in [3.63, 3.8) is 0 Å². The van der Waals surface area contributed by atoms with Crippen LogP contribution in [0.25, 0.3) is 0 Å². The van der Waals surface area contributed by atoms with Gasteiger partial charge in [-0.2, -0.15) is 0 Å². The second-order valence-corrected chi connectivity index (χ2v) is 4.63. The Bertz CT molecular complexity index is 198. The van der Waals surface area contributed by atoms with Crippen molar-refractivity contribution in [2.24, 2.45) is 0 Å². The van der Waals surface area contributed by atoms with Gasteiger partial charge in [-0.1, -0.05) is 69.2 Å². The third-order valence-corrected chi connectivity index (χ3v) is 3.14. The van der Waals surface area contributed by atoms with Crippen molar-refractivity contribution in [3.05, 3.63) is 23.8 Å². The Kier molecular flexibility index (Phi) is 7.33. The van der Waals surface area contributed by atoms with E-state index in [1.165, 1.54) is 64.2 Å². The standard InChI is InChI=1S/C15H26/c1-2-3-4-5-6-7-9-12-15-13-10-8-11-14-15/h10,13-14H,2-9,11-12H2,1H3. The fourth-order valence-electron chi connectivity index (χ4n) is 2.14. The minimum absolute atomic E-state index is 1.25. The summed E-state index contributed by atoms with van der Waals surface area (Å²) in [6, 6.07) is 0. The van der Waals surface area contributed by atoms with Crippen LogP contribution in [0.2, 0.25) is 0 Å². The smallest absolute Gasteiger partial charge is 0.0282 e. The molecule has 0 aromatic carbocycles. The van der Waals surface area contributed by atoms with Crippen LogP contribution in [0.1, 0.15) is 71.1 Å². The highest BCUT2D eigenvalue weighted by molar-refractivity contribution is 5.21. The lowest BCUT2D eigenvalue weighted by atomic mass is 10.0. The van der Waals surface area contributed by atoms with Crippen LogP contribution in [0.5, 0.6) is 0 Å². The van der Waals surface area contributed by atoms with E-state index < -0.39 is 0 Å². The van der Waals surface area contributed by atoms with Gasteiger partial charge in [0.05, 0.1) is 0 Å². The molecule has 0 nitrogen and oxygen atoms in total. The van der Waals surface area contributed by atoms with E-state index in [9.17, 15) is 0 Å². The van der Waals surface area contributed by atoms with Crippen molar-refractivity contribution in [1.82, 2.24) is 0 Å². The fourth-order valence-corrected chi connectivity index (χ4v) is 2.14. The second-order valence-electron chi connectivity index (χ2n) is 4.63. The summed E-state index contributed by atoms with van der Waals surface area (Å²) in [5, 5.41) is 0. The zero-order chi connectivity index (χ0) is 10.8. The molecule has 86 valence electrons. The molecule has 1 rings (SSSR count). The second kappa shape index (κ2) is 8.76. The molecule has 0 saturated heterocycles. The molecule has 0 fully saturated rings. The summed E-state index contributed by atoms with van der Waals surface area (Å²) in [7, 11) is 0. The summed E-state index contributed by atoms with van der Waals surface area (Å²) in [4.78, 5) is 0. The molecule has 0 aliphatic heterocycles. The molecule has 0 aromatic rings. The van der Waals surface area contributed by atoms with Crippen LogP contribution in [0.3, 0.4) is 0 Å². The normalized spacial score (nSPS) is 15.4. The lowest BCUT2D eigenvalue weighted by Crippen LogP contribution is -1.86. The van der Waals surface area contributed by atoms with Crippen LogP contribution in [-0.4, -0.2) is 0 Å². The summed E-state index contributed by atoms with van der Waals surface area (Å²) in [6.07, 6.45) is 20.8. The highest BCUT2D eigenvalue weighted by atomic mass is 14.0. The highest BCUT2D eigenvalue weighted by Crippen LogP contribution is 2.17. The summed E-state index contributed by atoms with van der Waals surface area (Å²) >= 11 is 0. The van der Waals surface area contributed by atoms with E-state index in [4.69, 9.17) is 0 Å². The molecule has 0 heteroatoms. The molecule has 0 heterocycles. The molecule has 0 spiro atoms. The molecular weight excluding hydrogens is 180 g/mol. The third-order valence-electron chi connectivity index (χ3n) is 3.14. The lowest BCUT2D eigenvalue weighted by Gasteiger charge is -2.06. The molecule has 0 unspecified atom stereocenters. The van der Waals surface area contributed by atoms with E-state index in [0.717, 1.165) is 0 Å². The van der Waals surface area contributed by atoms with Gasteiger partial charge in [0.1, 0.15) is 0 Å². The van der Waals surface area contributed by atoms with E-state index in [1.54, 1.807) is 5.57 Å². The molecule has 1 aliphatic carbocycles. The monoisotopic (exact) mass is 206 g/mol. The van der Waals surface area contributed by atoms with Crippen molar-refractivity contribution >= 4 is 0 Å². The molecule has 0 amide bonds. The first kappa shape index (κ1) is 12.5. The minimum atomic E-state index is 1.25. The van der Waals surface area contributed by atoms with E-state index in [1.807, 2.05) is 0 Å². The van der Waals surface area contributed by atoms with Gasteiger partial charge in [-0.15, -0.1) is 0 Å². The topological polar surface area (TPSA) is 0 Å². The Balaban J connectivity index is 1.88. The van der Waals surface area contributed by atoms with Gasteiger partial charge in [0.2, 0.25) is 0 Å². The van der Waals surface area contributed by atoms with Gasteiger partial charge < -0.3 is 0 Å². The van der Waals surface area contributed by atoms with Crippen LogP contribution < -0.4 is 0 Å². The molecule has 15 heavy (non-hydrogen) atoms.